The van der Waals surface area contributed by atoms with Crippen molar-refractivity contribution in [3.63, 3.8) is 0 Å². The Morgan fingerprint density at radius 2 is 1.00 bits per heavy atom. The SMILES string of the molecule is CC(C)(C)c1ccc(O)c(C(C)(C)C)c1.CC1=Cc2c(-c3ccccc3)cccc2[CH]1[Zr]1([CH]2C(C)=Cc3c(-c4ccccc4)cccc32)[CH2]CC[CH2]1. The Balaban J connectivity index is 0.000000237. The molecule has 0 amide bonds. The molecule has 1 nitrogen and oxygen atoms in total. The molecule has 5 aromatic rings. The number of hydrogen-bond acceptors (Lipinski definition) is 1. The van der Waals surface area contributed by atoms with Crippen molar-refractivity contribution in [3.05, 3.63) is 160 Å². The monoisotopic (exact) mass is 762 g/mol. The van der Waals surface area contributed by atoms with Gasteiger partial charge in [0.05, 0.1) is 0 Å². The van der Waals surface area contributed by atoms with Crippen LogP contribution in [0.4, 0.5) is 0 Å². The van der Waals surface area contributed by atoms with Crippen molar-refractivity contribution in [2.75, 3.05) is 0 Å². The Labute approximate surface area is 318 Å². The molecule has 8 rings (SSSR count). The zero-order valence-electron chi connectivity index (χ0n) is 32.6. The molecule has 2 atom stereocenters. The Kier molecular flexibility index (Phi) is 10.0. The number of aromatic hydroxyl groups is 1. The summed E-state index contributed by atoms with van der Waals surface area (Å²) in [5.41, 5.74) is 17.5. The van der Waals surface area contributed by atoms with Crippen LogP contribution >= 0.6 is 0 Å². The van der Waals surface area contributed by atoms with Crippen molar-refractivity contribution in [3.8, 4) is 28.0 Å². The molecule has 3 aliphatic rings. The third kappa shape index (κ3) is 6.78. The molecule has 0 bridgehead atoms. The first kappa shape index (κ1) is 36.6. The summed E-state index contributed by atoms with van der Waals surface area (Å²) >= 11 is -2.81. The van der Waals surface area contributed by atoms with Crippen molar-refractivity contribution in [1.29, 1.82) is 0 Å². The van der Waals surface area contributed by atoms with E-state index in [-0.39, 0.29) is 10.8 Å². The first-order chi connectivity index (χ1) is 24.8. The Hall–Kier alpha value is -3.74. The van der Waals surface area contributed by atoms with E-state index in [1.54, 1.807) is 28.3 Å². The summed E-state index contributed by atoms with van der Waals surface area (Å²) < 4.78 is 4.36. The van der Waals surface area contributed by atoms with Crippen LogP contribution in [0, 0.1) is 0 Å². The number of phenolic OH excluding ortho intramolecular Hbond substituents is 1. The van der Waals surface area contributed by atoms with Crippen molar-refractivity contribution < 1.29 is 25.4 Å². The molecule has 1 aliphatic heterocycles. The molecule has 52 heavy (non-hydrogen) atoms. The zero-order chi connectivity index (χ0) is 36.8. The van der Waals surface area contributed by atoms with Gasteiger partial charge in [0, 0.05) is 0 Å². The van der Waals surface area contributed by atoms with E-state index in [4.69, 9.17) is 0 Å². The van der Waals surface area contributed by atoms with Crippen LogP contribution < -0.4 is 0 Å². The third-order valence-corrected chi connectivity index (χ3v) is 27.8. The number of hydrogen-bond donors (Lipinski definition) is 1. The van der Waals surface area contributed by atoms with Gasteiger partial charge in [0.15, 0.2) is 0 Å². The van der Waals surface area contributed by atoms with Crippen LogP contribution in [0.3, 0.4) is 0 Å². The van der Waals surface area contributed by atoms with Gasteiger partial charge < -0.3 is 5.11 Å². The van der Waals surface area contributed by atoms with E-state index in [1.807, 2.05) is 6.07 Å². The van der Waals surface area contributed by atoms with Gasteiger partial charge in [-0.05, 0) is 28.0 Å². The van der Waals surface area contributed by atoms with Gasteiger partial charge in [-0.25, -0.2) is 0 Å². The summed E-state index contributed by atoms with van der Waals surface area (Å²) in [5.74, 6) is 0.399. The van der Waals surface area contributed by atoms with E-state index < -0.39 is 20.3 Å². The Morgan fingerprint density at radius 1 is 0.538 bits per heavy atom. The molecule has 0 saturated carbocycles. The number of fused-ring (bicyclic) bond motifs is 2. The van der Waals surface area contributed by atoms with E-state index in [0.29, 0.717) is 13.0 Å². The topological polar surface area (TPSA) is 20.2 Å². The molecule has 1 fully saturated rings. The van der Waals surface area contributed by atoms with E-state index in [0.717, 1.165) is 5.56 Å². The molecular weight excluding hydrogens is 708 g/mol. The second-order valence-electron chi connectivity index (χ2n) is 17.7. The van der Waals surface area contributed by atoms with Crippen LogP contribution in [0.1, 0.15) is 109 Å². The summed E-state index contributed by atoms with van der Waals surface area (Å²) in [6.07, 6.45) is 7.97. The van der Waals surface area contributed by atoms with Gasteiger partial charge in [0.2, 0.25) is 0 Å². The van der Waals surface area contributed by atoms with Crippen LogP contribution in [-0.2, 0) is 31.1 Å². The molecule has 5 aromatic carbocycles. The summed E-state index contributed by atoms with van der Waals surface area (Å²) in [6, 6.07) is 42.2. The van der Waals surface area contributed by atoms with E-state index in [9.17, 15) is 5.11 Å². The Bertz CT molecular complexity index is 2020. The molecule has 0 spiro atoms. The Morgan fingerprint density at radius 3 is 1.42 bits per heavy atom. The average Bonchev–Trinajstić information content (AvgIpc) is 3.83. The summed E-state index contributed by atoms with van der Waals surface area (Å²) in [4.78, 5) is 0. The molecular formula is C50H56OZr. The van der Waals surface area contributed by atoms with Crippen molar-refractivity contribution in [1.82, 2.24) is 0 Å². The minimum absolute atomic E-state index is 0.00859. The standard InChI is InChI=1S/2C16H13.C14H22O.C4H8.Zr/c2*1-12-10-14-8-5-9-15(16(14)11-12)13-6-3-2-4-7-13;1-13(2,3)10-7-8-12(15)11(9-10)14(4,5)6;1-3-4-2;/h2*2-11H,1H3;7-9,15H,1-6H3;1-4H2;. The first-order valence-electron chi connectivity index (χ1n) is 19.4. The molecule has 0 aromatic heterocycles. The molecule has 1 heterocycles. The predicted molar refractivity (Wildman–Crippen MR) is 221 cm³/mol. The fraction of sp³-hybridized carbons (Fsp3) is 0.320. The van der Waals surface area contributed by atoms with Crippen LogP contribution in [-0.4, -0.2) is 5.11 Å². The van der Waals surface area contributed by atoms with E-state index >= 15 is 0 Å². The average molecular weight is 764 g/mol. The summed E-state index contributed by atoms with van der Waals surface area (Å²) in [6.45, 7) is 17.8. The fourth-order valence-electron chi connectivity index (χ4n) is 9.75. The normalized spacial score (nSPS) is 18.9. The molecule has 266 valence electrons. The molecule has 1 N–H and O–H groups in total. The maximum absolute atomic E-state index is 9.84. The molecule has 0 radical (unpaired) electrons. The van der Waals surface area contributed by atoms with Crippen LogP contribution in [0.2, 0.25) is 8.26 Å². The number of phenols is 1. The fourth-order valence-corrected chi connectivity index (χ4v) is 27.6. The number of benzene rings is 5. The third-order valence-electron chi connectivity index (χ3n) is 12.1. The van der Waals surface area contributed by atoms with E-state index in [1.165, 1.54) is 60.0 Å². The quantitative estimate of drug-likeness (QED) is 0.193. The molecule has 2 heteroatoms. The summed E-state index contributed by atoms with van der Waals surface area (Å²) in [7, 11) is 0. The van der Waals surface area contributed by atoms with Gasteiger partial charge in [-0.3, -0.25) is 0 Å². The second-order valence-corrected chi connectivity index (χ2v) is 29.0. The van der Waals surface area contributed by atoms with Gasteiger partial charge in [-0.15, -0.1) is 0 Å². The minimum atomic E-state index is -2.81. The maximum atomic E-state index is 9.84. The van der Waals surface area contributed by atoms with Gasteiger partial charge >= 0.3 is 227 Å². The van der Waals surface area contributed by atoms with Crippen molar-refractivity contribution >= 4 is 12.2 Å². The second kappa shape index (κ2) is 14.2. The first-order valence-corrected chi connectivity index (χ1v) is 25.7. The predicted octanol–water partition coefficient (Wildman–Crippen LogP) is 14.4. The van der Waals surface area contributed by atoms with Gasteiger partial charge in [0.25, 0.3) is 0 Å². The number of allylic oxidation sites excluding steroid dienone is 2. The van der Waals surface area contributed by atoms with Gasteiger partial charge in [-0.2, -0.15) is 0 Å². The summed E-state index contributed by atoms with van der Waals surface area (Å²) in [5, 5.41) is 9.84. The van der Waals surface area contributed by atoms with Crippen molar-refractivity contribution in [2.45, 2.75) is 94.6 Å². The van der Waals surface area contributed by atoms with E-state index in [2.05, 4.69) is 171 Å². The molecule has 2 unspecified atom stereocenters. The molecule has 1 saturated heterocycles. The number of rotatable bonds is 4. The van der Waals surface area contributed by atoms with Crippen LogP contribution in [0.5, 0.6) is 5.75 Å². The van der Waals surface area contributed by atoms with Crippen molar-refractivity contribution in [2.24, 2.45) is 0 Å². The van der Waals surface area contributed by atoms with Gasteiger partial charge in [0.1, 0.15) is 5.75 Å². The van der Waals surface area contributed by atoms with Crippen LogP contribution in [0.25, 0.3) is 34.4 Å². The van der Waals surface area contributed by atoms with Gasteiger partial charge in [-0.1, -0.05) is 53.7 Å². The van der Waals surface area contributed by atoms with Crippen LogP contribution in [0.15, 0.2) is 126 Å². The zero-order valence-corrected chi connectivity index (χ0v) is 35.0. The molecule has 2 aliphatic carbocycles.